The van der Waals surface area contributed by atoms with Gasteiger partial charge in [-0.05, 0) is 18.2 Å². The SMILES string of the molecule is Clc1cc2c(c(-c3ccnc4ccnn34)c1)OC(c1onc3c1CNCC3)C2. The summed E-state index contributed by atoms with van der Waals surface area (Å²) in [6, 6.07) is 7.66. The molecule has 1 N–H and O–H groups in total. The highest BCUT2D eigenvalue weighted by Gasteiger charge is 2.34. The molecule has 7 nitrogen and oxygen atoms in total. The zero-order valence-corrected chi connectivity index (χ0v) is 15.6. The van der Waals surface area contributed by atoms with Crippen molar-refractivity contribution in [3.63, 3.8) is 0 Å². The van der Waals surface area contributed by atoms with Gasteiger partial charge < -0.3 is 14.6 Å². The Morgan fingerprint density at radius 2 is 2.18 bits per heavy atom. The second-order valence-electron chi connectivity index (χ2n) is 7.08. The van der Waals surface area contributed by atoms with E-state index in [1.807, 2.05) is 24.3 Å². The van der Waals surface area contributed by atoms with Crippen LogP contribution in [0.4, 0.5) is 0 Å². The lowest BCUT2D eigenvalue weighted by Crippen LogP contribution is -2.24. The summed E-state index contributed by atoms with van der Waals surface area (Å²) in [5.41, 5.74) is 5.76. The molecule has 0 fully saturated rings. The van der Waals surface area contributed by atoms with Crippen LogP contribution in [0.3, 0.4) is 0 Å². The van der Waals surface area contributed by atoms with Crippen molar-refractivity contribution in [3.8, 4) is 17.0 Å². The summed E-state index contributed by atoms with van der Waals surface area (Å²) in [5, 5.41) is 12.7. The Bertz CT molecular complexity index is 1210. The molecule has 28 heavy (non-hydrogen) atoms. The summed E-state index contributed by atoms with van der Waals surface area (Å²) in [6.07, 6.45) is 4.86. The summed E-state index contributed by atoms with van der Waals surface area (Å²) >= 11 is 6.44. The van der Waals surface area contributed by atoms with Crippen LogP contribution in [0.2, 0.25) is 5.02 Å². The van der Waals surface area contributed by atoms with Gasteiger partial charge in [0.1, 0.15) is 5.75 Å². The molecular weight excluding hydrogens is 378 g/mol. The molecule has 2 aliphatic rings. The minimum Gasteiger partial charge on any atom is -0.481 e. The number of benzene rings is 1. The van der Waals surface area contributed by atoms with Crippen LogP contribution in [0.25, 0.3) is 16.9 Å². The number of hydrogen-bond acceptors (Lipinski definition) is 6. The summed E-state index contributed by atoms with van der Waals surface area (Å²) in [7, 11) is 0. The number of nitrogens with one attached hydrogen (secondary N) is 1. The first-order chi connectivity index (χ1) is 13.8. The Morgan fingerprint density at radius 1 is 1.21 bits per heavy atom. The molecule has 5 heterocycles. The fourth-order valence-corrected chi connectivity index (χ4v) is 4.36. The highest BCUT2D eigenvalue weighted by Crippen LogP contribution is 2.45. The van der Waals surface area contributed by atoms with Crippen LogP contribution in [0.1, 0.15) is 28.7 Å². The summed E-state index contributed by atoms with van der Waals surface area (Å²) in [4.78, 5) is 4.34. The van der Waals surface area contributed by atoms with Gasteiger partial charge in [-0.15, -0.1) is 0 Å². The van der Waals surface area contributed by atoms with Crippen molar-refractivity contribution in [3.05, 3.63) is 64.3 Å². The fraction of sp³-hybridized carbons (Fsp3) is 0.250. The predicted molar refractivity (Wildman–Crippen MR) is 102 cm³/mol. The number of aromatic nitrogens is 4. The van der Waals surface area contributed by atoms with Crippen molar-refractivity contribution in [1.29, 1.82) is 0 Å². The third kappa shape index (κ3) is 2.36. The summed E-state index contributed by atoms with van der Waals surface area (Å²) in [5.74, 6) is 1.62. The van der Waals surface area contributed by atoms with E-state index in [0.29, 0.717) is 11.4 Å². The van der Waals surface area contributed by atoms with Crippen LogP contribution in [-0.4, -0.2) is 26.3 Å². The van der Waals surface area contributed by atoms with E-state index in [4.69, 9.17) is 20.9 Å². The van der Waals surface area contributed by atoms with Gasteiger partial charge in [0, 0.05) is 59.9 Å². The average Bonchev–Trinajstić information content (AvgIpc) is 3.43. The highest BCUT2D eigenvalue weighted by atomic mass is 35.5. The van der Waals surface area contributed by atoms with E-state index >= 15 is 0 Å². The summed E-state index contributed by atoms with van der Waals surface area (Å²) in [6.45, 7) is 1.68. The Hall–Kier alpha value is -2.90. The van der Waals surface area contributed by atoms with Crippen molar-refractivity contribution in [2.45, 2.75) is 25.5 Å². The van der Waals surface area contributed by atoms with Crippen molar-refractivity contribution >= 4 is 17.2 Å². The molecule has 0 amide bonds. The highest BCUT2D eigenvalue weighted by molar-refractivity contribution is 6.31. The summed E-state index contributed by atoms with van der Waals surface area (Å²) < 4.78 is 13.9. The zero-order chi connectivity index (χ0) is 18.7. The van der Waals surface area contributed by atoms with Gasteiger partial charge in [0.25, 0.3) is 0 Å². The molecule has 8 heteroatoms. The minimum atomic E-state index is -0.210. The average molecular weight is 394 g/mol. The van der Waals surface area contributed by atoms with Gasteiger partial charge in [0.2, 0.25) is 0 Å². The Kier molecular flexibility index (Phi) is 3.48. The number of hydrogen-bond donors (Lipinski definition) is 1. The lowest BCUT2D eigenvalue weighted by molar-refractivity contribution is 0.189. The van der Waals surface area contributed by atoms with Crippen molar-refractivity contribution in [2.24, 2.45) is 0 Å². The van der Waals surface area contributed by atoms with E-state index < -0.39 is 0 Å². The minimum absolute atomic E-state index is 0.210. The Labute approximate surface area is 165 Å². The van der Waals surface area contributed by atoms with Crippen molar-refractivity contribution < 1.29 is 9.26 Å². The molecule has 0 saturated carbocycles. The van der Waals surface area contributed by atoms with Crippen LogP contribution in [-0.2, 0) is 19.4 Å². The van der Waals surface area contributed by atoms with Gasteiger partial charge in [-0.3, -0.25) is 0 Å². The maximum Gasteiger partial charge on any atom is 0.182 e. The smallest absolute Gasteiger partial charge is 0.182 e. The van der Waals surface area contributed by atoms with E-state index in [9.17, 15) is 0 Å². The number of halogens is 1. The lowest BCUT2D eigenvalue weighted by Gasteiger charge is -2.15. The number of fused-ring (bicyclic) bond motifs is 3. The first kappa shape index (κ1) is 16.1. The third-order valence-corrected chi connectivity index (χ3v) is 5.61. The molecule has 0 saturated heterocycles. The fourth-order valence-electron chi connectivity index (χ4n) is 4.12. The standard InChI is InChI=1S/C20H16ClN5O2/c21-12-7-11-8-17(20-14-10-22-4-1-15(14)25-28-20)27-19(11)13(9-12)16-2-5-23-18-3-6-24-26(16)18/h2-3,5-7,9,17,22H,1,4,8,10H2. The third-order valence-electron chi connectivity index (χ3n) is 5.39. The molecule has 4 aromatic rings. The molecule has 0 aliphatic carbocycles. The normalized spacial score (nSPS) is 18.1. The van der Waals surface area contributed by atoms with Crippen molar-refractivity contribution in [2.75, 3.05) is 6.54 Å². The number of rotatable bonds is 2. The molecule has 6 rings (SSSR count). The van der Waals surface area contributed by atoms with Gasteiger partial charge in [-0.2, -0.15) is 5.10 Å². The second-order valence-corrected chi connectivity index (χ2v) is 7.52. The molecule has 0 spiro atoms. The molecule has 140 valence electrons. The van der Waals surface area contributed by atoms with Gasteiger partial charge >= 0.3 is 0 Å². The first-order valence-corrected chi connectivity index (χ1v) is 9.62. The molecule has 1 unspecified atom stereocenters. The molecular formula is C20H16ClN5O2. The van der Waals surface area contributed by atoms with Gasteiger partial charge in [-0.25, -0.2) is 9.50 Å². The van der Waals surface area contributed by atoms with E-state index in [1.54, 1.807) is 16.9 Å². The van der Waals surface area contributed by atoms with E-state index in [1.165, 1.54) is 0 Å². The maximum atomic E-state index is 6.44. The molecule has 3 aromatic heterocycles. The largest absolute Gasteiger partial charge is 0.481 e. The number of nitrogens with zero attached hydrogens (tertiary/aromatic N) is 4. The second kappa shape index (κ2) is 6.05. The molecule has 1 aromatic carbocycles. The lowest BCUT2D eigenvalue weighted by atomic mass is 10.0. The Balaban J connectivity index is 1.46. The van der Waals surface area contributed by atoms with E-state index in [-0.39, 0.29) is 6.10 Å². The molecule has 2 aliphatic heterocycles. The maximum absolute atomic E-state index is 6.44. The van der Waals surface area contributed by atoms with Crippen LogP contribution < -0.4 is 10.1 Å². The van der Waals surface area contributed by atoms with Crippen LogP contribution in [0.15, 0.2) is 41.2 Å². The monoisotopic (exact) mass is 393 g/mol. The van der Waals surface area contributed by atoms with Gasteiger partial charge in [0.05, 0.1) is 17.6 Å². The van der Waals surface area contributed by atoms with Crippen LogP contribution >= 0.6 is 11.6 Å². The van der Waals surface area contributed by atoms with E-state index in [0.717, 1.165) is 64.7 Å². The van der Waals surface area contributed by atoms with Crippen LogP contribution in [0, 0.1) is 0 Å². The quantitative estimate of drug-likeness (QED) is 0.562. The topological polar surface area (TPSA) is 77.5 Å². The van der Waals surface area contributed by atoms with E-state index in [2.05, 4.69) is 20.6 Å². The molecule has 0 bridgehead atoms. The van der Waals surface area contributed by atoms with Crippen molar-refractivity contribution in [1.82, 2.24) is 25.1 Å². The van der Waals surface area contributed by atoms with Gasteiger partial charge in [-0.1, -0.05) is 16.8 Å². The van der Waals surface area contributed by atoms with Crippen LogP contribution in [0.5, 0.6) is 5.75 Å². The molecule has 1 atom stereocenters. The molecule has 0 radical (unpaired) electrons. The first-order valence-electron chi connectivity index (χ1n) is 9.24. The Morgan fingerprint density at radius 3 is 3.14 bits per heavy atom. The predicted octanol–water partition coefficient (Wildman–Crippen LogP) is 3.36. The number of ether oxygens (including phenoxy) is 1. The van der Waals surface area contributed by atoms with Gasteiger partial charge in [0.15, 0.2) is 17.5 Å². The zero-order valence-electron chi connectivity index (χ0n) is 14.9.